The molecule has 0 bridgehead atoms. The first-order valence-electron chi connectivity index (χ1n) is 6.06. The summed E-state index contributed by atoms with van der Waals surface area (Å²) in [5.74, 6) is 0. The molecular weight excluding hydrogens is 222 g/mol. The number of aryl methyl sites for hydroxylation is 2. The van der Waals surface area contributed by atoms with Gasteiger partial charge in [-0.2, -0.15) is 10.2 Å². The molecule has 0 fully saturated rings. The lowest BCUT2D eigenvalue weighted by Crippen LogP contribution is -1.87. The molecule has 0 aliphatic heterocycles. The van der Waals surface area contributed by atoms with E-state index in [0.717, 1.165) is 29.0 Å². The lowest BCUT2D eigenvalue weighted by Gasteiger charge is -2.02. The number of rotatable bonds is 3. The fraction of sp³-hybridized carbons (Fsp3) is 0.200. The quantitative estimate of drug-likeness (QED) is 0.619. The SMILES string of the molecule is CCc1ccccc1N=Nc1ccc(N)c(C)c1. The zero-order valence-electron chi connectivity index (χ0n) is 10.7. The van der Waals surface area contributed by atoms with Crippen molar-refractivity contribution in [1.82, 2.24) is 0 Å². The number of anilines is 1. The third-order valence-corrected chi connectivity index (χ3v) is 2.90. The summed E-state index contributed by atoms with van der Waals surface area (Å²) in [6.07, 6.45) is 0.954. The van der Waals surface area contributed by atoms with Crippen molar-refractivity contribution in [2.24, 2.45) is 10.2 Å². The molecule has 0 saturated carbocycles. The van der Waals surface area contributed by atoms with Gasteiger partial charge >= 0.3 is 0 Å². The van der Waals surface area contributed by atoms with Crippen LogP contribution in [0.5, 0.6) is 0 Å². The van der Waals surface area contributed by atoms with Gasteiger partial charge in [-0.25, -0.2) is 0 Å². The Balaban J connectivity index is 2.27. The van der Waals surface area contributed by atoms with Gasteiger partial charge in [0.05, 0.1) is 11.4 Å². The molecule has 0 aromatic heterocycles. The molecule has 2 N–H and O–H groups in total. The largest absolute Gasteiger partial charge is 0.399 e. The fourth-order valence-corrected chi connectivity index (χ4v) is 1.74. The van der Waals surface area contributed by atoms with Crippen molar-refractivity contribution in [3.63, 3.8) is 0 Å². The molecular formula is C15H17N3. The van der Waals surface area contributed by atoms with E-state index in [9.17, 15) is 0 Å². The molecule has 2 aromatic carbocycles. The van der Waals surface area contributed by atoms with E-state index in [-0.39, 0.29) is 0 Å². The number of hydrogen-bond acceptors (Lipinski definition) is 3. The second-order valence-electron chi connectivity index (χ2n) is 4.22. The zero-order chi connectivity index (χ0) is 13.0. The predicted octanol–water partition coefficient (Wildman–Crippen LogP) is 4.56. The van der Waals surface area contributed by atoms with Crippen LogP contribution in [0.2, 0.25) is 0 Å². The van der Waals surface area contributed by atoms with Crippen molar-refractivity contribution in [3.8, 4) is 0 Å². The molecule has 92 valence electrons. The van der Waals surface area contributed by atoms with Crippen molar-refractivity contribution in [3.05, 3.63) is 53.6 Å². The zero-order valence-corrected chi connectivity index (χ0v) is 10.7. The van der Waals surface area contributed by atoms with Crippen LogP contribution in [0, 0.1) is 6.92 Å². The number of hydrogen-bond donors (Lipinski definition) is 1. The lowest BCUT2D eigenvalue weighted by molar-refractivity contribution is 1.11. The summed E-state index contributed by atoms with van der Waals surface area (Å²) in [5, 5.41) is 8.56. The highest BCUT2D eigenvalue weighted by Crippen LogP contribution is 2.24. The second kappa shape index (κ2) is 5.45. The van der Waals surface area contributed by atoms with E-state index in [2.05, 4.69) is 23.2 Å². The van der Waals surface area contributed by atoms with Crippen LogP contribution in [-0.4, -0.2) is 0 Å². The number of benzene rings is 2. The molecule has 0 radical (unpaired) electrons. The van der Waals surface area contributed by atoms with Crippen molar-refractivity contribution in [2.75, 3.05) is 5.73 Å². The standard InChI is InChI=1S/C15H17N3/c1-3-12-6-4-5-7-15(12)18-17-13-8-9-14(16)11(2)10-13/h4-10H,3,16H2,1-2H3. The van der Waals surface area contributed by atoms with Crippen LogP contribution in [0.4, 0.5) is 17.1 Å². The van der Waals surface area contributed by atoms with E-state index in [1.807, 2.05) is 43.3 Å². The Morgan fingerprint density at radius 3 is 2.56 bits per heavy atom. The van der Waals surface area contributed by atoms with Gasteiger partial charge in [0.15, 0.2) is 0 Å². The van der Waals surface area contributed by atoms with Crippen molar-refractivity contribution in [2.45, 2.75) is 20.3 Å². The molecule has 0 saturated heterocycles. The van der Waals surface area contributed by atoms with Gasteiger partial charge in [-0.05, 0) is 48.7 Å². The van der Waals surface area contributed by atoms with Gasteiger partial charge in [0.25, 0.3) is 0 Å². The normalized spacial score (nSPS) is 11.0. The maximum Gasteiger partial charge on any atom is 0.0888 e. The average Bonchev–Trinajstić information content (AvgIpc) is 2.40. The van der Waals surface area contributed by atoms with Gasteiger partial charge in [0, 0.05) is 5.69 Å². The number of azo groups is 1. The minimum atomic E-state index is 0.780. The van der Waals surface area contributed by atoms with Crippen LogP contribution in [0.1, 0.15) is 18.1 Å². The lowest BCUT2D eigenvalue weighted by atomic mass is 10.1. The molecule has 0 amide bonds. The van der Waals surface area contributed by atoms with Crippen LogP contribution < -0.4 is 5.73 Å². The molecule has 2 rings (SSSR count). The summed E-state index contributed by atoms with van der Waals surface area (Å²) in [4.78, 5) is 0. The van der Waals surface area contributed by atoms with Crippen LogP contribution in [0.25, 0.3) is 0 Å². The molecule has 0 unspecified atom stereocenters. The molecule has 3 heteroatoms. The first-order valence-corrected chi connectivity index (χ1v) is 6.06. The van der Waals surface area contributed by atoms with E-state index < -0.39 is 0 Å². The highest BCUT2D eigenvalue weighted by atomic mass is 15.1. The van der Waals surface area contributed by atoms with E-state index in [1.54, 1.807) is 0 Å². The van der Waals surface area contributed by atoms with E-state index in [1.165, 1.54) is 5.56 Å². The average molecular weight is 239 g/mol. The van der Waals surface area contributed by atoms with Gasteiger partial charge in [-0.3, -0.25) is 0 Å². The molecule has 18 heavy (non-hydrogen) atoms. The second-order valence-corrected chi connectivity index (χ2v) is 4.22. The van der Waals surface area contributed by atoms with Crippen LogP contribution in [0.15, 0.2) is 52.7 Å². The summed E-state index contributed by atoms with van der Waals surface area (Å²) in [6, 6.07) is 13.7. The third kappa shape index (κ3) is 2.74. The molecule has 3 nitrogen and oxygen atoms in total. The Hall–Kier alpha value is -2.16. The van der Waals surface area contributed by atoms with Gasteiger partial charge in [-0.15, -0.1) is 0 Å². The summed E-state index contributed by atoms with van der Waals surface area (Å²) in [7, 11) is 0. The fourth-order valence-electron chi connectivity index (χ4n) is 1.74. The van der Waals surface area contributed by atoms with Gasteiger partial charge < -0.3 is 5.73 Å². The Kier molecular flexibility index (Phi) is 3.72. The van der Waals surface area contributed by atoms with Crippen molar-refractivity contribution in [1.29, 1.82) is 0 Å². The summed E-state index contributed by atoms with van der Waals surface area (Å²) in [6.45, 7) is 4.08. The van der Waals surface area contributed by atoms with E-state index >= 15 is 0 Å². The Bertz CT molecular complexity index is 574. The molecule has 0 heterocycles. The smallest absolute Gasteiger partial charge is 0.0888 e. The topological polar surface area (TPSA) is 50.7 Å². The Morgan fingerprint density at radius 1 is 1.06 bits per heavy atom. The van der Waals surface area contributed by atoms with Gasteiger partial charge in [0.1, 0.15) is 0 Å². The van der Waals surface area contributed by atoms with Crippen LogP contribution in [-0.2, 0) is 6.42 Å². The molecule has 0 spiro atoms. The summed E-state index contributed by atoms with van der Waals surface area (Å²) in [5.41, 5.74) is 10.5. The summed E-state index contributed by atoms with van der Waals surface area (Å²) < 4.78 is 0. The molecule has 2 aromatic rings. The van der Waals surface area contributed by atoms with Crippen molar-refractivity contribution < 1.29 is 0 Å². The molecule has 0 atom stereocenters. The number of nitrogen functional groups attached to an aromatic ring is 1. The Labute approximate surface area is 107 Å². The highest BCUT2D eigenvalue weighted by Gasteiger charge is 1.98. The monoisotopic (exact) mass is 239 g/mol. The maximum absolute atomic E-state index is 5.77. The van der Waals surface area contributed by atoms with Gasteiger partial charge in [0.2, 0.25) is 0 Å². The van der Waals surface area contributed by atoms with Gasteiger partial charge in [-0.1, -0.05) is 25.1 Å². The Morgan fingerprint density at radius 2 is 1.83 bits per heavy atom. The summed E-state index contributed by atoms with van der Waals surface area (Å²) >= 11 is 0. The van der Waals surface area contributed by atoms with Crippen LogP contribution in [0.3, 0.4) is 0 Å². The first-order chi connectivity index (χ1) is 8.70. The van der Waals surface area contributed by atoms with Crippen molar-refractivity contribution >= 4 is 17.1 Å². The minimum Gasteiger partial charge on any atom is -0.399 e. The van der Waals surface area contributed by atoms with E-state index in [4.69, 9.17) is 5.73 Å². The number of nitrogens with two attached hydrogens (primary N) is 1. The first kappa shape index (κ1) is 12.3. The predicted molar refractivity (Wildman–Crippen MR) is 75.6 cm³/mol. The highest BCUT2D eigenvalue weighted by molar-refractivity contribution is 5.54. The molecule has 0 aliphatic carbocycles. The van der Waals surface area contributed by atoms with E-state index in [0.29, 0.717) is 0 Å². The number of nitrogens with zero attached hydrogens (tertiary/aromatic N) is 2. The van der Waals surface area contributed by atoms with Crippen LogP contribution >= 0.6 is 0 Å². The minimum absolute atomic E-state index is 0.780. The molecule has 0 aliphatic rings. The third-order valence-electron chi connectivity index (χ3n) is 2.90. The maximum atomic E-state index is 5.77.